The standard InChI is InChI=1S/C29H25N5O2/c30-27-18-22(9-13-32-27)21-7-8-26-23(17-21)11-15-34(29(26)36)19-20-4-3-5-24(16-20)28(35)33-14-10-25-6-1-2-12-31-25/h1-9,11-13,15-18H,10,14,19H2,(H2,30,32)(H,33,35). The van der Waals surface area contributed by atoms with Crippen LogP contribution in [0.1, 0.15) is 21.6 Å². The molecular weight excluding hydrogens is 450 g/mol. The van der Waals surface area contributed by atoms with Crippen molar-refractivity contribution in [1.82, 2.24) is 19.9 Å². The first-order chi connectivity index (χ1) is 17.6. The van der Waals surface area contributed by atoms with Gasteiger partial charge in [-0.05, 0) is 76.7 Å². The van der Waals surface area contributed by atoms with Crippen LogP contribution < -0.4 is 16.6 Å². The zero-order valence-electron chi connectivity index (χ0n) is 19.6. The third kappa shape index (κ3) is 5.15. The number of nitrogens with zero attached hydrogens (tertiary/aromatic N) is 3. The van der Waals surface area contributed by atoms with Gasteiger partial charge in [0.05, 0.1) is 6.54 Å². The van der Waals surface area contributed by atoms with Crippen LogP contribution in [0.5, 0.6) is 0 Å². The van der Waals surface area contributed by atoms with E-state index in [4.69, 9.17) is 5.73 Å². The van der Waals surface area contributed by atoms with E-state index >= 15 is 0 Å². The highest BCUT2D eigenvalue weighted by atomic mass is 16.1. The van der Waals surface area contributed by atoms with Gasteiger partial charge in [-0.2, -0.15) is 0 Å². The molecule has 0 atom stereocenters. The van der Waals surface area contributed by atoms with Crippen LogP contribution in [0.4, 0.5) is 5.82 Å². The molecule has 0 spiro atoms. The summed E-state index contributed by atoms with van der Waals surface area (Å²) >= 11 is 0. The highest BCUT2D eigenvalue weighted by molar-refractivity contribution is 5.94. The number of rotatable bonds is 7. The van der Waals surface area contributed by atoms with Crippen molar-refractivity contribution in [2.45, 2.75) is 13.0 Å². The molecule has 0 bridgehead atoms. The molecule has 0 aliphatic heterocycles. The summed E-state index contributed by atoms with van der Waals surface area (Å²) in [6.07, 6.45) is 5.86. The summed E-state index contributed by atoms with van der Waals surface area (Å²) in [6.45, 7) is 0.866. The first-order valence-corrected chi connectivity index (χ1v) is 11.7. The van der Waals surface area contributed by atoms with Crippen molar-refractivity contribution in [3.8, 4) is 11.1 Å². The maximum Gasteiger partial charge on any atom is 0.258 e. The highest BCUT2D eigenvalue weighted by Gasteiger charge is 2.09. The van der Waals surface area contributed by atoms with Gasteiger partial charge in [-0.3, -0.25) is 14.6 Å². The number of fused-ring (bicyclic) bond motifs is 1. The zero-order valence-corrected chi connectivity index (χ0v) is 19.6. The van der Waals surface area contributed by atoms with E-state index in [9.17, 15) is 9.59 Å². The molecule has 2 aromatic carbocycles. The Labute approximate surface area is 208 Å². The lowest BCUT2D eigenvalue weighted by atomic mass is 10.0. The van der Waals surface area contributed by atoms with Crippen molar-refractivity contribution in [3.05, 3.63) is 125 Å². The monoisotopic (exact) mass is 475 g/mol. The minimum absolute atomic E-state index is 0.0847. The second kappa shape index (κ2) is 10.2. The van der Waals surface area contributed by atoms with Crippen molar-refractivity contribution in [1.29, 1.82) is 0 Å². The van der Waals surface area contributed by atoms with Gasteiger partial charge in [0.2, 0.25) is 0 Å². The Morgan fingerprint density at radius 2 is 1.78 bits per heavy atom. The van der Waals surface area contributed by atoms with Crippen LogP contribution in [0.15, 0.2) is 102 Å². The quantitative estimate of drug-likeness (QED) is 0.370. The molecule has 0 saturated heterocycles. The van der Waals surface area contributed by atoms with Crippen molar-refractivity contribution in [2.24, 2.45) is 0 Å². The zero-order chi connectivity index (χ0) is 24.9. The average molecular weight is 476 g/mol. The van der Waals surface area contributed by atoms with E-state index in [1.165, 1.54) is 0 Å². The molecule has 36 heavy (non-hydrogen) atoms. The van der Waals surface area contributed by atoms with Crippen LogP contribution >= 0.6 is 0 Å². The van der Waals surface area contributed by atoms with E-state index in [1.54, 1.807) is 29.2 Å². The lowest BCUT2D eigenvalue weighted by molar-refractivity contribution is 0.0954. The van der Waals surface area contributed by atoms with Gasteiger partial charge >= 0.3 is 0 Å². The molecule has 0 unspecified atom stereocenters. The molecule has 0 radical (unpaired) electrons. The van der Waals surface area contributed by atoms with Crippen LogP contribution in [-0.4, -0.2) is 27.0 Å². The Kier molecular flexibility index (Phi) is 6.53. The van der Waals surface area contributed by atoms with Crippen LogP contribution in [-0.2, 0) is 13.0 Å². The van der Waals surface area contributed by atoms with Gasteiger partial charge in [0, 0.05) is 48.2 Å². The summed E-state index contributed by atoms with van der Waals surface area (Å²) in [5.41, 5.74) is 10.0. The summed E-state index contributed by atoms with van der Waals surface area (Å²) in [4.78, 5) is 34.1. The van der Waals surface area contributed by atoms with Crippen molar-refractivity contribution in [2.75, 3.05) is 12.3 Å². The van der Waals surface area contributed by atoms with E-state index in [0.29, 0.717) is 36.3 Å². The molecule has 0 fully saturated rings. The van der Waals surface area contributed by atoms with Gasteiger partial charge in [-0.1, -0.05) is 24.3 Å². The predicted molar refractivity (Wildman–Crippen MR) is 142 cm³/mol. The Morgan fingerprint density at radius 3 is 2.61 bits per heavy atom. The van der Waals surface area contributed by atoms with E-state index in [0.717, 1.165) is 27.8 Å². The molecule has 7 nitrogen and oxygen atoms in total. The molecule has 0 saturated carbocycles. The number of nitrogens with two attached hydrogens (primary N) is 1. The minimum Gasteiger partial charge on any atom is -0.384 e. The van der Waals surface area contributed by atoms with Gasteiger partial charge < -0.3 is 15.6 Å². The fourth-order valence-electron chi connectivity index (χ4n) is 4.18. The van der Waals surface area contributed by atoms with E-state index in [1.807, 2.05) is 72.8 Å². The Morgan fingerprint density at radius 1 is 0.889 bits per heavy atom. The lowest BCUT2D eigenvalue weighted by Crippen LogP contribution is -2.26. The highest BCUT2D eigenvalue weighted by Crippen LogP contribution is 2.24. The fraction of sp³-hybridized carbons (Fsp3) is 0.103. The number of hydrogen-bond acceptors (Lipinski definition) is 5. The fourth-order valence-corrected chi connectivity index (χ4v) is 4.18. The molecule has 1 amide bonds. The minimum atomic E-state index is -0.150. The van der Waals surface area contributed by atoms with Crippen molar-refractivity contribution < 1.29 is 4.79 Å². The van der Waals surface area contributed by atoms with Crippen molar-refractivity contribution >= 4 is 22.5 Å². The van der Waals surface area contributed by atoms with Gasteiger partial charge in [0.25, 0.3) is 11.5 Å². The molecule has 5 rings (SSSR count). The number of anilines is 1. The molecule has 0 aliphatic rings. The van der Waals surface area contributed by atoms with Gasteiger partial charge in [-0.25, -0.2) is 4.98 Å². The van der Waals surface area contributed by atoms with Gasteiger partial charge in [0.15, 0.2) is 0 Å². The molecular formula is C29H25N5O2. The molecule has 178 valence electrons. The van der Waals surface area contributed by atoms with Crippen LogP contribution in [0, 0.1) is 0 Å². The maximum atomic E-state index is 13.2. The summed E-state index contributed by atoms with van der Waals surface area (Å²) in [7, 11) is 0. The van der Waals surface area contributed by atoms with E-state index < -0.39 is 0 Å². The number of benzene rings is 2. The molecule has 3 aromatic heterocycles. The number of hydrogen-bond donors (Lipinski definition) is 2. The second-order valence-corrected chi connectivity index (χ2v) is 8.55. The largest absolute Gasteiger partial charge is 0.384 e. The summed E-state index contributed by atoms with van der Waals surface area (Å²) < 4.78 is 1.66. The van der Waals surface area contributed by atoms with E-state index in [2.05, 4.69) is 15.3 Å². The molecule has 3 N–H and O–H groups in total. The summed E-state index contributed by atoms with van der Waals surface area (Å²) in [5.74, 6) is 0.301. The number of carbonyl (C=O) groups is 1. The normalized spacial score (nSPS) is 10.9. The van der Waals surface area contributed by atoms with Crippen LogP contribution in [0.2, 0.25) is 0 Å². The van der Waals surface area contributed by atoms with Crippen molar-refractivity contribution in [3.63, 3.8) is 0 Å². The molecule has 7 heteroatoms. The summed E-state index contributed by atoms with van der Waals surface area (Å²) in [5, 5.41) is 4.42. The summed E-state index contributed by atoms with van der Waals surface area (Å²) in [6, 6.07) is 24.4. The molecule has 3 heterocycles. The SMILES string of the molecule is Nc1cc(-c2ccc3c(=O)n(Cc4cccc(C(=O)NCCc5ccccn5)c4)ccc3c2)ccn1. The number of nitrogen functional groups attached to an aromatic ring is 1. The topological polar surface area (TPSA) is 103 Å². The van der Waals surface area contributed by atoms with Crippen LogP contribution in [0.25, 0.3) is 21.9 Å². The Bertz CT molecular complexity index is 1600. The Hall–Kier alpha value is -4.78. The molecule has 0 aliphatic carbocycles. The van der Waals surface area contributed by atoms with Gasteiger partial charge in [0.1, 0.15) is 5.82 Å². The number of amides is 1. The Balaban J connectivity index is 1.31. The third-order valence-electron chi connectivity index (χ3n) is 6.03. The number of nitrogens with one attached hydrogen (secondary N) is 1. The first kappa shape index (κ1) is 23.0. The average Bonchev–Trinajstić information content (AvgIpc) is 2.91. The first-order valence-electron chi connectivity index (χ1n) is 11.7. The number of pyridine rings is 3. The lowest BCUT2D eigenvalue weighted by Gasteiger charge is -2.10. The van der Waals surface area contributed by atoms with Crippen LogP contribution in [0.3, 0.4) is 0 Å². The molecule has 5 aromatic rings. The predicted octanol–water partition coefficient (Wildman–Crippen LogP) is 4.06. The number of aromatic nitrogens is 3. The number of carbonyl (C=O) groups excluding carboxylic acids is 1. The smallest absolute Gasteiger partial charge is 0.258 e. The third-order valence-corrected chi connectivity index (χ3v) is 6.03. The van der Waals surface area contributed by atoms with E-state index in [-0.39, 0.29) is 11.5 Å². The second-order valence-electron chi connectivity index (χ2n) is 8.55. The van der Waals surface area contributed by atoms with Gasteiger partial charge in [-0.15, -0.1) is 0 Å². The maximum absolute atomic E-state index is 13.2.